The molecule has 0 spiro atoms. The molecule has 0 atom stereocenters. The van der Waals surface area contributed by atoms with Gasteiger partial charge in [-0.05, 0) is 18.9 Å². The van der Waals surface area contributed by atoms with Crippen LogP contribution in [0.25, 0.3) is 10.6 Å². The van der Waals surface area contributed by atoms with E-state index in [2.05, 4.69) is 23.9 Å². The van der Waals surface area contributed by atoms with Gasteiger partial charge in [-0.3, -0.25) is 9.48 Å². The Hall–Kier alpha value is -1.73. The minimum Gasteiger partial charge on any atom is -0.340 e. The summed E-state index contributed by atoms with van der Waals surface area (Å²) in [4.78, 5) is 19.5. The highest BCUT2D eigenvalue weighted by molar-refractivity contribution is 7.17. The maximum absolute atomic E-state index is 12.6. The second kappa shape index (κ2) is 6.18. The van der Waals surface area contributed by atoms with Crippen LogP contribution in [-0.4, -0.2) is 45.7 Å². The van der Waals surface area contributed by atoms with Crippen molar-refractivity contribution in [3.05, 3.63) is 23.0 Å². The molecular formula is C15H23N5OS. The van der Waals surface area contributed by atoms with E-state index in [4.69, 9.17) is 5.73 Å². The summed E-state index contributed by atoms with van der Waals surface area (Å²) in [6.45, 7) is 7.12. The Labute approximate surface area is 135 Å². The van der Waals surface area contributed by atoms with Crippen LogP contribution in [-0.2, 0) is 7.05 Å². The zero-order chi connectivity index (χ0) is 16.5. The third-order valence-corrected chi connectivity index (χ3v) is 4.70. The Morgan fingerprint density at radius 2 is 2.18 bits per heavy atom. The second-order valence-corrected chi connectivity index (χ2v) is 7.36. The van der Waals surface area contributed by atoms with Crippen LogP contribution in [0.3, 0.4) is 0 Å². The van der Waals surface area contributed by atoms with Gasteiger partial charge >= 0.3 is 0 Å². The predicted octanol–water partition coefficient (Wildman–Crippen LogP) is 1.91. The summed E-state index contributed by atoms with van der Waals surface area (Å²) in [5.41, 5.74) is 7.33. The first-order valence-electron chi connectivity index (χ1n) is 7.15. The molecule has 1 amide bonds. The van der Waals surface area contributed by atoms with Crippen molar-refractivity contribution in [2.45, 2.75) is 20.8 Å². The summed E-state index contributed by atoms with van der Waals surface area (Å²) in [6.07, 6.45) is 3.65. The van der Waals surface area contributed by atoms with Gasteiger partial charge in [0.1, 0.15) is 9.88 Å². The Morgan fingerprint density at radius 1 is 1.50 bits per heavy atom. The second-order valence-electron chi connectivity index (χ2n) is 6.37. The normalized spacial score (nSPS) is 11.7. The number of hydrogen-bond acceptors (Lipinski definition) is 5. The molecule has 0 radical (unpaired) electrons. The number of nitrogens with zero attached hydrogens (tertiary/aromatic N) is 4. The lowest BCUT2D eigenvalue weighted by atomic mass is 9.93. The quantitative estimate of drug-likeness (QED) is 0.912. The number of amides is 1. The fourth-order valence-corrected chi connectivity index (χ4v) is 3.24. The van der Waals surface area contributed by atoms with Crippen molar-refractivity contribution in [2.75, 3.05) is 20.1 Å². The van der Waals surface area contributed by atoms with Crippen LogP contribution in [0.4, 0.5) is 0 Å². The molecule has 0 aliphatic heterocycles. The Bertz CT molecular complexity index is 673. The minimum atomic E-state index is -0.102. The monoisotopic (exact) mass is 321 g/mol. The molecule has 7 heteroatoms. The van der Waals surface area contributed by atoms with Crippen LogP contribution in [0.1, 0.15) is 29.2 Å². The SMILES string of the molecule is Cc1nc(-c2cnn(C)c2)sc1C(=O)N(C)CC(C)(C)CN. The molecule has 0 aliphatic carbocycles. The van der Waals surface area contributed by atoms with Gasteiger partial charge in [0.05, 0.1) is 11.9 Å². The lowest BCUT2D eigenvalue weighted by Gasteiger charge is -2.28. The van der Waals surface area contributed by atoms with Crippen molar-refractivity contribution < 1.29 is 4.79 Å². The van der Waals surface area contributed by atoms with Gasteiger partial charge in [0, 0.05) is 32.4 Å². The van der Waals surface area contributed by atoms with Crippen molar-refractivity contribution in [3.8, 4) is 10.6 Å². The van der Waals surface area contributed by atoms with E-state index in [0.29, 0.717) is 18.0 Å². The highest BCUT2D eigenvalue weighted by atomic mass is 32.1. The van der Waals surface area contributed by atoms with Crippen LogP contribution in [0, 0.1) is 12.3 Å². The third-order valence-electron chi connectivity index (χ3n) is 3.51. The number of aryl methyl sites for hydroxylation is 2. The summed E-state index contributed by atoms with van der Waals surface area (Å²) >= 11 is 1.41. The molecule has 0 unspecified atom stereocenters. The first-order chi connectivity index (χ1) is 10.2. The van der Waals surface area contributed by atoms with E-state index in [1.54, 1.807) is 15.8 Å². The number of carbonyl (C=O) groups excluding carboxylic acids is 1. The minimum absolute atomic E-state index is 0.00772. The number of carbonyl (C=O) groups is 1. The molecule has 0 bridgehead atoms. The van der Waals surface area contributed by atoms with Gasteiger partial charge in [0.25, 0.3) is 5.91 Å². The molecule has 2 N–H and O–H groups in total. The van der Waals surface area contributed by atoms with Crippen LogP contribution >= 0.6 is 11.3 Å². The van der Waals surface area contributed by atoms with Gasteiger partial charge in [-0.25, -0.2) is 4.98 Å². The zero-order valence-corrected chi connectivity index (χ0v) is 14.6. The van der Waals surface area contributed by atoms with E-state index in [9.17, 15) is 4.79 Å². The van der Waals surface area contributed by atoms with Gasteiger partial charge < -0.3 is 10.6 Å². The molecule has 6 nitrogen and oxygen atoms in total. The average molecular weight is 321 g/mol. The van der Waals surface area contributed by atoms with Gasteiger partial charge in [-0.15, -0.1) is 11.3 Å². The number of aromatic nitrogens is 3. The van der Waals surface area contributed by atoms with Crippen LogP contribution in [0.15, 0.2) is 12.4 Å². The fourth-order valence-electron chi connectivity index (χ4n) is 2.20. The summed E-state index contributed by atoms with van der Waals surface area (Å²) in [5.74, 6) is -0.00772. The van der Waals surface area contributed by atoms with Crippen LogP contribution in [0.5, 0.6) is 0 Å². The van der Waals surface area contributed by atoms with Crippen molar-refractivity contribution >= 4 is 17.2 Å². The van der Waals surface area contributed by atoms with E-state index < -0.39 is 0 Å². The molecule has 22 heavy (non-hydrogen) atoms. The van der Waals surface area contributed by atoms with Crippen molar-refractivity contribution in [2.24, 2.45) is 18.2 Å². The predicted molar refractivity (Wildman–Crippen MR) is 88.8 cm³/mol. The highest BCUT2D eigenvalue weighted by Gasteiger charge is 2.25. The molecule has 0 fully saturated rings. The Kier molecular flexibility index (Phi) is 4.67. The molecule has 0 aliphatic rings. The first-order valence-corrected chi connectivity index (χ1v) is 7.97. The molecule has 0 saturated heterocycles. The van der Waals surface area contributed by atoms with Gasteiger partial charge in [-0.2, -0.15) is 5.10 Å². The molecule has 120 valence electrons. The van der Waals surface area contributed by atoms with Crippen molar-refractivity contribution in [3.63, 3.8) is 0 Å². The first kappa shape index (κ1) is 16.6. The summed E-state index contributed by atoms with van der Waals surface area (Å²) in [7, 11) is 3.67. The number of rotatable bonds is 5. The number of hydrogen-bond donors (Lipinski definition) is 1. The van der Waals surface area contributed by atoms with E-state index in [-0.39, 0.29) is 11.3 Å². The Balaban J connectivity index is 2.22. The van der Waals surface area contributed by atoms with E-state index in [1.165, 1.54) is 11.3 Å². The summed E-state index contributed by atoms with van der Waals surface area (Å²) < 4.78 is 1.73. The Morgan fingerprint density at radius 3 is 2.73 bits per heavy atom. The number of thiazole rings is 1. The molecule has 2 aromatic rings. The van der Waals surface area contributed by atoms with Crippen LogP contribution in [0.2, 0.25) is 0 Å². The summed E-state index contributed by atoms with van der Waals surface area (Å²) in [5, 5.41) is 4.97. The van der Waals surface area contributed by atoms with Crippen LogP contribution < -0.4 is 5.73 Å². The molecular weight excluding hydrogens is 298 g/mol. The maximum atomic E-state index is 12.6. The highest BCUT2D eigenvalue weighted by Crippen LogP contribution is 2.28. The average Bonchev–Trinajstić information content (AvgIpc) is 3.03. The van der Waals surface area contributed by atoms with E-state index >= 15 is 0 Å². The number of nitrogens with two attached hydrogens (primary N) is 1. The van der Waals surface area contributed by atoms with E-state index in [1.807, 2.05) is 27.2 Å². The maximum Gasteiger partial charge on any atom is 0.265 e. The standard InChI is InChI=1S/C15H23N5OS/c1-10-12(14(21)19(4)9-15(2,3)8-16)22-13(18-10)11-6-17-20(5)7-11/h6-7H,8-9,16H2,1-5H3. The smallest absolute Gasteiger partial charge is 0.265 e. The molecule has 2 aromatic heterocycles. The molecule has 2 rings (SSSR count). The van der Waals surface area contributed by atoms with Gasteiger partial charge in [0.2, 0.25) is 0 Å². The fraction of sp³-hybridized carbons (Fsp3) is 0.533. The molecule has 0 saturated carbocycles. The van der Waals surface area contributed by atoms with E-state index in [0.717, 1.165) is 16.3 Å². The largest absolute Gasteiger partial charge is 0.340 e. The van der Waals surface area contributed by atoms with Crippen molar-refractivity contribution in [1.29, 1.82) is 0 Å². The third kappa shape index (κ3) is 3.53. The van der Waals surface area contributed by atoms with Crippen molar-refractivity contribution in [1.82, 2.24) is 19.7 Å². The lowest BCUT2D eigenvalue weighted by Crippen LogP contribution is -2.39. The van der Waals surface area contributed by atoms with Gasteiger partial charge in [-0.1, -0.05) is 13.8 Å². The summed E-state index contributed by atoms with van der Waals surface area (Å²) in [6, 6.07) is 0. The molecule has 0 aromatic carbocycles. The lowest BCUT2D eigenvalue weighted by molar-refractivity contribution is 0.0744. The zero-order valence-electron chi connectivity index (χ0n) is 13.8. The van der Waals surface area contributed by atoms with Gasteiger partial charge in [0.15, 0.2) is 0 Å². The topological polar surface area (TPSA) is 77.0 Å². The molecule has 2 heterocycles.